The minimum Gasteiger partial charge on any atom is -0.318 e. The van der Waals surface area contributed by atoms with Crippen LogP contribution in [0.15, 0.2) is 42.5 Å². The number of aryl methyl sites for hydroxylation is 2. The Balaban J connectivity index is 2.09. The summed E-state index contributed by atoms with van der Waals surface area (Å²) in [5.41, 5.74) is 3.13. The number of hydrogen-bond acceptors (Lipinski definition) is 2. The number of carbonyl (C=O) groups is 2. The molecule has 0 aliphatic rings. The molecule has 0 fully saturated rings. The molecular formula is C17H17ClN2O2. The molecule has 0 aliphatic carbocycles. The van der Waals surface area contributed by atoms with Crippen molar-refractivity contribution in [1.29, 1.82) is 0 Å². The number of nitrogens with one attached hydrogen (secondary N) is 2. The van der Waals surface area contributed by atoms with Crippen LogP contribution >= 0.6 is 11.6 Å². The van der Waals surface area contributed by atoms with Gasteiger partial charge < -0.3 is 10.6 Å². The molecule has 114 valence electrons. The van der Waals surface area contributed by atoms with E-state index in [0.717, 1.165) is 17.5 Å². The largest absolute Gasteiger partial charge is 0.318 e. The van der Waals surface area contributed by atoms with Gasteiger partial charge in [-0.1, -0.05) is 36.7 Å². The highest BCUT2D eigenvalue weighted by atomic mass is 35.5. The van der Waals surface area contributed by atoms with E-state index in [9.17, 15) is 9.59 Å². The lowest BCUT2D eigenvalue weighted by atomic mass is 10.1. The van der Waals surface area contributed by atoms with E-state index < -0.39 is 11.8 Å². The van der Waals surface area contributed by atoms with Gasteiger partial charge in [0.15, 0.2) is 0 Å². The van der Waals surface area contributed by atoms with Gasteiger partial charge in [-0.2, -0.15) is 0 Å². The van der Waals surface area contributed by atoms with Gasteiger partial charge in [-0.25, -0.2) is 0 Å². The van der Waals surface area contributed by atoms with Crippen LogP contribution in [0.2, 0.25) is 5.02 Å². The fourth-order valence-corrected chi connectivity index (χ4v) is 2.22. The van der Waals surface area contributed by atoms with Gasteiger partial charge >= 0.3 is 11.8 Å². The van der Waals surface area contributed by atoms with Gasteiger partial charge in [-0.15, -0.1) is 0 Å². The Morgan fingerprint density at radius 3 is 2.27 bits per heavy atom. The third kappa shape index (κ3) is 3.86. The van der Waals surface area contributed by atoms with Crippen molar-refractivity contribution < 1.29 is 9.59 Å². The standard InChI is InChI=1S/C17H17ClN2O2/c1-3-12-6-4-5-11(2)15(12)20-17(22)16(21)19-14-9-7-13(18)8-10-14/h4-10H,3H2,1-2H3,(H,19,21)(H,20,22). The van der Waals surface area contributed by atoms with Crippen LogP contribution in [-0.4, -0.2) is 11.8 Å². The third-order valence-electron chi connectivity index (χ3n) is 3.29. The van der Waals surface area contributed by atoms with Crippen molar-refractivity contribution in [3.05, 3.63) is 58.6 Å². The van der Waals surface area contributed by atoms with Crippen LogP contribution in [0.3, 0.4) is 0 Å². The van der Waals surface area contributed by atoms with Crippen molar-refractivity contribution in [2.45, 2.75) is 20.3 Å². The minimum absolute atomic E-state index is 0.519. The van der Waals surface area contributed by atoms with Crippen molar-refractivity contribution in [3.8, 4) is 0 Å². The summed E-state index contributed by atoms with van der Waals surface area (Å²) in [6.45, 7) is 3.89. The molecule has 0 unspecified atom stereocenters. The summed E-state index contributed by atoms with van der Waals surface area (Å²) in [7, 11) is 0. The van der Waals surface area contributed by atoms with E-state index in [-0.39, 0.29) is 0 Å². The van der Waals surface area contributed by atoms with Crippen molar-refractivity contribution in [3.63, 3.8) is 0 Å². The molecule has 2 rings (SSSR count). The molecule has 5 heteroatoms. The van der Waals surface area contributed by atoms with Crippen LogP contribution in [0.5, 0.6) is 0 Å². The van der Waals surface area contributed by atoms with Crippen molar-refractivity contribution in [2.75, 3.05) is 10.6 Å². The maximum absolute atomic E-state index is 12.1. The number of halogens is 1. The van der Waals surface area contributed by atoms with Crippen molar-refractivity contribution in [2.24, 2.45) is 0 Å². The van der Waals surface area contributed by atoms with Crippen molar-refractivity contribution >= 4 is 34.8 Å². The summed E-state index contributed by atoms with van der Waals surface area (Å²) in [6.07, 6.45) is 0.774. The molecular weight excluding hydrogens is 300 g/mol. The lowest BCUT2D eigenvalue weighted by Gasteiger charge is -2.12. The van der Waals surface area contributed by atoms with Gasteiger partial charge in [0.25, 0.3) is 0 Å². The van der Waals surface area contributed by atoms with Gasteiger partial charge in [0, 0.05) is 16.4 Å². The molecule has 2 aromatic carbocycles. The molecule has 2 amide bonds. The summed E-state index contributed by atoms with van der Waals surface area (Å²) in [5, 5.41) is 5.79. The predicted octanol–water partition coefficient (Wildman–Crippen LogP) is 3.79. The number of benzene rings is 2. The van der Waals surface area contributed by atoms with E-state index in [2.05, 4.69) is 10.6 Å². The van der Waals surface area contributed by atoms with Crippen LogP contribution in [0, 0.1) is 6.92 Å². The van der Waals surface area contributed by atoms with E-state index in [1.54, 1.807) is 24.3 Å². The first kappa shape index (κ1) is 16.0. The van der Waals surface area contributed by atoms with Crippen LogP contribution in [-0.2, 0) is 16.0 Å². The SMILES string of the molecule is CCc1cccc(C)c1NC(=O)C(=O)Nc1ccc(Cl)cc1. The number of rotatable bonds is 3. The topological polar surface area (TPSA) is 58.2 Å². The first-order valence-corrected chi connectivity index (χ1v) is 7.35. The lowest BCUT2D eigenvalue weighted by molar-refractivity contribution is -0.133. The van der Waals surface area contributed by atoms with E-state index in [0.29, 0.717) is 16.4 Å². The molecule has 0 saturated heterocycles. The van der Waals surface area contributed by atoms with Gasteiger partial charge in [-0.05, 0) is 48.7 Å². The fraction of sp³-hybridized carbons (Fsp3) is 0.176. The average Bonchev–Trinajstić information content (AvgIpc) is 2.51. The Kier molecular flexibility index (Phi) is 5.17. The zero-order valence-electron chi connectivity index (χ0n) is 12.4. The number of carbonyl (C=O) groups excluding carboxylic acids is 2. The summed E-state index contributed by atoms with van der Waals surface area (Å²) < 4.78 is 0. The molecule has 2 aromatic rings. The Labute approximate surface area is 134 Å². The Morgan fingerprint density at radius 1 is 1.00 bits per heavy atom. The highest BCUT2D eigenvalue weighted by Crippen LogP contribution is 2.21. The highest BCUT2D eigenvalue weighted by molar-refractivity contribution is 6.43. The molecule has 0 radical (unpaired) electrons. The highest BCUT2D eigenvalue weighted by Gasteiger charge is 2.16. The molecule has 2 N–H and O–H groups in total. The molecule has 0 saturated carbocycles. The average molecular weight is 317 g/mol. The summed E-state index contributed by atoms with van der Waals surface area (Å²) in [4.78, 5) is 24.0. The Bertz CT molecular complexity index is 696. The Hall–Kier alpha value is -2.33. The predicted molar refractivity (Wildman–Crippen MR) is 89.3 cm³/mol. The second-order valence-electron chi connectivity index (χ2n) is 4.88. The van der Waals surface area contributed by atoms with Crippen molar-refractivity contribution in [1.82, 2.24) is 0 Å². The zero-order chi connectivity index (χ0) is 16.1. The fourth-order valence-electron chi connectivity index (χ4n) is 2.09. The van der Waals surface area contributed by atoms with Crippen LogP contribution in [0.1, 0.15) is 18.1 Å². The molecule has 0 aromatic heterocycles. The number of anilines is 2. The van der Waals surface area contributed by atoms with Gasteiger partial charge in [-0.3, -0.25) is 9.59 Å². The summed E-state index contributed by atoms with van der Waals surface area (Å²) in [6, 6.07) is 12.3. The Morgan fingerprint density at radius 2 is 1.64 bits per heavy atom. The molecule has 4 nitrogen and oxygen atoms in total. The third-order valence-corrected chi connectivity index (χ3v) is 3.54. The van der Waals surface area contributed by atoms with E-state index in [4.69, 9.17) is 11.6 Å². The van der Waals surface area contributed by atoms with Gasteiger partial charge in [0.1, 0.15) is 0 Å². The van der Waals surface area contributed by atoms with Gasteiger partial charge in [0.05, 0.1) is 0 Å². The molecule has 0 aliphatic heterocycles. The first-order valence-electron chi connectivity index (χ1n) is 6.97. The van der Waals surface area contributed by atoms with E-state index >= 15 is 0 Å². The smallest absolute Gasteiger partial charge is 0.314 e. The number of para-hydroxylation sites is 1. The van der Waals surface area contributed by atoms with Gasteiger partial charge in [0.2, 0.25) is 0 Å². The minimum atomic E-state index is -0.715. The quantitative estimate of drug-likeness (QED) is 0.846. The summed E-state index contributed by atoms with van der Waals surface area (Å²) in [5.74, 6) is -1.41. The second-order valence-corrected chi connectivity index (χ2v) is 5.31. The maximum Gasteiger partial charge on any atom is 0.314 e. The maximum atomic E-state index is 12.1. The van der Waals surface area contributed by atoms with Crippen LogP contribution < -0.4 is 10.6 Å². The van der Waals surface area contributed by atoms with E-state index in [1.807, 2.05) is 32.0 Å². The normalized spacial score (nSPS) is 10.1. The number of amides is 2. The first-order chi connectivity index (χ1) is 10.5. The lowest BCUT2D eigenvalue weighted by Crippen LogP contribution is -2.29. The second kappa shape index (κ2) is 7.09. The molecule has 0 heterocycles. The molecule has 0 atom stereocenters. The number of hydrogen-bond donors (Lipinski definition) is 2. The zero-order valence-corrected chi connectivity index (χ0v) is 13.2. The molecule has 0 bridgehead atoms. The monoisotopic (exact) mass is 316 g/mol. The molecule has 0 spiro atoms. The van der Waals surface area contributed by atoms with Crippen LogP contribution in [0.25, 0.3) is 0 Å². The van der Waals surface area contributed by atoms with E-state index in [1.165, 1.54) is 0 Å². The van der Waals surface area contributed by atoms with Crippen LogP contribution in [0.4, 0.5) is 11.4 Å². The summed E-state index contributed by atoms with van der Waals surface area (Å²) >= 11 is 5.78. The molecule has 22 heavy (non-hydrogen) atoms.